The fourth-order valence-electron chi connectivity index (χ4n) is 1.12. The minimum atomic E-state index is -3.62. The van der Waals surface area contributed by atoms with Gasteiger partial charge >= 0.3 is 0 Å². The number of anilines is 1. The molecule has 0 spiro atoms. The highest BCUT2D eigenvalue weighted by Gasteiger charge is 2.19. The Labute approximate surface area is 97.7 Å². The van der Waals surface area contributed by atoms with Crippen LogP contribution in [0, 0.1) is 5.82 Å². The highest BCUT2D eigenvalue weighted by Crippen LogP contribution is 2.17. The van der Waals surface area contributed by atoms with E-state index >= 15 is 0 Å². The summed E-state index contributed by atoms with van der Waals surface area (Å²) in [5.41, 5.74) is 0.193. The minimum absolute atomic E-state index is 0.193. The number of carbonyl (C=O) groups is 1. The van der Waals surface area contributed by atoms with Crippen LogP contribution in [0.5, 0.6) is 0 Å². The van der Waals surface area contributed by atoms with E-state index in [1.165, 1.54) is 12.1 Å². The Bertz CT molecular complexity index is 486. The number of hydrogen-bond donors (Lipinski definition) is 0. The summed E-state index contributed by atoms with van der Waals surface area (Å²) >= 11 is 5.14. The van der Waals surface area contributed by atoms with Crippen LogP contribution >= 0.6 is 11.6 Å². The highest BCUT2D eigenvalue weighted by molar-refractivity contribution is 7.92. The van der Waals surface area contributed by atoms with E-state index in [-0.39, 0.29) is 5.69 Å². The highest BCUT2D eigenvalue weighted by atomic mass is 35.5. The molecule has 0 heterocycles. The second kappa shape index (κ2) is 4.80. The minimum Gasteiger partial charge on any atom is -0.279 e. The molecule has 0 saturated carbocycles. The molecule has 1 aromatic carbocycles. The molecule has 0 aromatic heterocycles. The summed E-state index contributed by atoms with van der Waals surface area (Å²) in [6.07, 6.45) is 0.941. The van der Waals surface area contributed by atoms with Crippen molar-refractivity contribution in [2.45, 2.75) is 0 Å². The molecule has 0 aliphatic heterocycles. The van der Waals surface area contributed by atoms with Crippen LogP contribution in [0.25, 0.3) is 0 Å². The van der Waals surface area contributed by atoms with Gasteiger partial charge in [-0.3, -0.25) is 9.10 Å². The van der Waals surface area contributed by atoms with E-state index in [2.05, 4.69) is 0 Å². The third-order valence-electron chi connectivity index (χ3n) is 1.78. The van der Waals surface area contributed by atoms with Crippen molar-refractivity contribution in [2.24, 2.45) is 0 Å². The van der Waals surface area contributed by atoms with Gasteiger partial charge in [-0.1, -0.05) is 0 Å². The molecule has 4 nitrogen and oxygen atoms in total. The van der Waals surface area contributed by atoms with Crippen molar-refractivity contribution in [3.63, 3.8) is 0 Å². The van der Waals surface area contributed by atoms with E-state index in [1.807, 2.05) is 0 Å². The second-order valence-corrected chi connectivity index (χ2v) is 5.43. The SMILES string of the molecule is CS(=O)(=O)N(CC(=O)Cl)c1ccc(F)cc1. The van der Waals surface area contributed by atoms with E-state index < -0.39 is 27.6 Å². The van der Waals surface area contributed by atoms with Gasteiger partial charge in [0.15, 0.2) is 0 Å². The Morgan fingerprint density at radius 2 is 1.88 bits per heavy atom. The molecule has 0 aliphatic rings. The zero-order valence-corrected chi connectivity index (χ0v) is 9.93. The second-order valence-electron chi connectivity index (χ2n) is 3.10. The molecular weight excluding hydrogens is 257 g/mol. The number of nitrogens with zero attached hydrogens (tertiary/aromatic N) is 1. The molecule has 0 amide bonds. The summed E-state index contributed by atoms with van der Waals surface area (Å²) in [5, 5.41) is -0.810. The third kappa shape index (κ3) is 3.46. The Hall–Kier alpha value is -1.14. The molecular formula is C9H9ClFNO3S. The molecule has 0 unspecified atom stereocenters. The number of halogens is 2. The molecule has 16 heavy (non-hydrogen) atoms. The van der Waals surface area contributed by atoms with E-state index in [1.54, 1.807) is 0 Å². The lowest BCUT2D eigenvalue weighted by atomic mass is 10.3. The molecule has 0 fully saturated rings. The van der Waals surface area contributed by atoms with Crippen LogP contribution in [0.2, 0.25) is 0 Å². The van der Waals surface area contributed by atoms with Gasteiger partial charge < -0.3 is 0 Å². The Kier molecular flexibility index (Phi) is 3.88. The molecule has 0 saturated heterocycles. The number of rotatable bonds is 4. The van der Waals surface area contributed by atoms with Crippen LogP contribution in [0.3, 0.4) is 0 Å². The van der Waals surface area contributed by atoms with Gasteiger partial charge in [0.2, 0.25) is 15.3 Å². The summed E-state index contributed by atoms with van der Waals surface area (Å²) in [7, 11) is -3.62. The largest absolute Gasteiger partial charge is 0.279 e. The third-order valence-corrected chi connectivity index (χ3v) is 3.04. The number of carbonyl (C=O) groups excluding carboxylic acids is 1. The Morgan fingerprint density at radius 3 is 2.25 bits per heavy atom. The van der Waals surface area contributed by atoms with Crippen LogP contribution in [0.1, 0.15) is 0 Å². The standard InChI is InChI=1S/C9H9ClFNO3S/c1-16(14,15)12(6-9(10)13)8-4-2-7(11)3-5-8/h2-5H,6H2,1H3. The average Bonchev–Trinajstić information content (AvgIpc) is 2.14. The van der Waals surface area contributed by atoms with Crippen LogP contribution in [0.4, 0.5) is 10.1 Å². The first-order valence-corrected chi connectivity index (χ1v) is 6.45. The van der Waals surface area contributed by atoms with Crippen LogP contribution < -0.4 is 4.31 Å². The molecule has 1 aromatic rings. The number of benzene rings is 1. The maximum Gasteiger partial charge on any atom is 0.242 e. The molecule has 88 valence electrons. The van der Waals surface area contributed by atoms with E-state index in [4.69, 9.17) is 11.6 Å². The molecule has 0 N–H and O–H groups in total. The number of hydrogen-bond acceptors (Lipinski definition) is 3. The lowest BCUT2D eigenvalue weighted by Crippen LogP contribution is -2.33. The monoisotopic (exact) mass is 265 g/mol. The molecule has 0 bridgehead atoms. The normalized spacial score (nSPS) is 11.2. The van der Waals surface area contributed by atoms with Gasteiger partial charge in [-0.05, 0) is 35.9 Å². The van der Waals surface area contributed by atoms with Crippen molar-refractivity contribution in [1.29, 1.82) is 0 Å². The van der Waals surface area contributed by atoms with Gasteiger partial charge in [0.05, 0.1) is 11.9 Å². The van der Waals surface area contributed by atoms with Crippen LogP contribution in [0.15, 0.2) is 24.3 Å². The van der Waals surface area contributed by atoms with Gasteiger partial charge in [-0.25, -0.2) is 12.8 Å². The molecule has 1 rings (SSSR count). The maximum absolute atomic E-state index is 12.6. The van der Waals surface area contributed by atoms with Crippen LogP contribution in [-0.4, -0.2) is 26.5 Å². The van der Waals surface area contributed by atoms with Gasteiger partial charge in [0.25, 0.3) is 0 Å². The van der Waals surface area contributed by atoms with Crippen molar-refractivity contribution < 1.29 is 17.6 Å². The van der Waals surface area contributed by atoms with E-state index in [0.29, 0.717) is 0 Å². The molecule has 0 atom stereocenters. The van der Waals surface area contributed by atoms with Crippen molar-refractivity contribution in [3.05, 3.63) is 30.1 Å². The first-order valence-electron chi connectivity index (χ1n) is 4.22. The predicted molar refractivity (Wildman–Crippen MR) is 59.4 cm³/mol. The van der Waals surface area contributed by atoms with Crippen LogP contribution in [-0.2, 0) is 14.8 Å². The van der Waals surface area contributed by atoms with Crippen molar-refractivity contribution in [3.8, 4) is 0 Å². The fraction of sp³-hybridized carbons (Fsp3) is 0.222. The Balaban J connectivity index is 3.11. The average molecular weight is 266 g/mol. The lowest BCUT2D eigenvalue weighted by Gasteiger charge is -2.20. The van der Waals surface area contributed by atoms with Crippen molar-refractivity contribution in [1.82, 2.24) is 0 Å². The van der Waals surface area contributed by atoms with Crippen molar-refractivity contribution in [2.75, 3.05) is 17.1 Å². The first kappa shape index (κ1) is 12.9. The van der Waals surface area contributed by atoms with Gasteiger partial charge in [0, 0.05) is 0 Å². The zero-order valence-electron chi connectivity index (χ0n) is 8.35. The molecule has 0 radical (unpaired) electrons. The summed E-state index contributed by atoms with van der Waals surface area (Å²) < 4.78 is 36.2. The van der Waals surface area contributed by atoms with Gasteiger partial charge in [0.1, 0.15) is 12.4 Å². The smallest absolute Gasteiger partial charge is 0.242 e. The predicted octanol–water partition coefficient (Wildman–Crippen LogP) is 1.36. The van der Waals surface area contributed by atoms with E-state index in [9.17, 15) is 17.6 Å². The summed E-state index contributed by atoms with van der Waals surface area (Å²) in [6, 6.07) is 4.73. The fourth-order valence-corrected chi connectivity index (χ4v) is 2.17. The zero-order chi connectivity index (χ0) is 12.3. The topological polar surface area (TPSA) is 54.5 Å². The summed E-state index contributed by atoms with van der Waals surface area (Å²) in [6.45, 7) is -0.480. The first-order chi connectivity index (χ1) is 7.30. The molecule has 0 aliphatic carbocycles. The quantitative estimate of drug-likeness (QED) is 0.773. The van der Waals surface area contributed by atoms with Gasteiger partial charge in [-0.15, -0.1) is 0 Å². The van der Waals surface area contributed by atoms with E-state index in [0.717, 1.165) is 22.7 Å². The molecule has 7 heteroatoms. The van der Waals surface area contributed by atoms with Gasteiger partial charge in [-0.2, -0.15) is 0 Å². The maximum atomic E-state index is 12.6. The lowest BCUT2D eigenvalue weighted by molar-refractivity contribution is -0.110. The van der Waals surface area contributed by atoms with Crippen molar-refractivity contribution >= 4 is 32.6 Å². The summed E-state index contributed by atoms with van der Waals surface area (Å²) in [5.74, 6) is -0.491. The summed E-state index contributed by atoms with van der Waals surface area (Å²) in [4.78, 5) is 10.7. The Morgan fingerprint density at radius 1 is 1.38 bits per heavy atom. The number of sulfonamides is 1.